The van der Waals surface area contributed by atoms with Gasteiger partial charge in [0.25, 0.3) is 0 Å². The lowest BCUT2D eigenvalue weighted by molar-refractivity contribution is -0.151. The number of ether oxygens (including phenoxy) is 1. The van der Waals surface area contributed by atoms with Crippen molar-refractivity contribution in [1.29, 1.82) is 0 Å². The maximum atomic E-state index is 12.9. The summed E-state index contributed by atoms with van der Waals surface area (Å²) in [6, 6.07) is 0. The third-order valence-electron chi connectivity index (χ3n) is 5.99. The summed E-state index contributed by atoms with van der Waals surface area (Å²) in [5.74, 6) is 0.418. The monoisotopic (exact) mass is 280 g/mol. The number of hydrogen-bond donors (Lipinski definition) is 1. The highest BCUT2D eigenvalue weighted by molar-refractivity contribution is 5.83. The normalized spacial score (nSPS) is 27.6. The number of piperidine rings is 1. The van der Waals surface area contributed by atoms with Crippen molar-refractivity contribution in [2.45, 2.75) is 44.9 Å². The summed E-state index contributed by atoms with van der Waals surface area (Å²) in [5, 5.41) is 3.49. The zero-order chi connectivity index (χ0) is 14.1. The number of nitrogens with zero attached hydrogens (tertiary/aromatic N) is 1. The molecule has 1 N–H and O–H groups in total. The summed E-state index contributed by atoms with van der Waals surface area (Å²) in [7, 11) is 1.73. The fourth-order valence-electron chi connectivity index (χ4n) is 4.21. The third-order valence-corrected chi connectivity index (χ3v) is 5.99. The van der Waals surface area contributed by atoms with E-state index >= 15 is 0 Å². The van der Waals surface area contributed by atoms with Crippen molar-refractivity contribution in [3.05, 3.63) is 0 Å². The molecule has 3 aliphatic rings. The van der Waals surface area contributed by atoms with Crippen molar-refractivity contribution in [1.82, 2.24) is 10.2 Å². The molecule has 1 amide bonds. The molecule has 0 unspecified atom stereocenters. The van der Waals surface area contributed by atoms with Crippen LogP contribution in [0.15, 0.2) is 0 Å². The molecule has 4 heteroatoms. The van der Waals surface area contributed by atoms with Crippen molar-refractivity contribution in [2.75, 3.05) is 39.9 Å². The lowest BCUT2D eigenvalue weighted by atomic mass is 9.65. The van der Waals surface area contributed by atoms with Crippen LogP contribution in [0.2, 0.25) is 0 Å². The Bertz CT molecular complexity index is 349. The van der Waals surface area contributed by atoms with Crippen LogP contribution in [0.3, 0.4) is 0 Å². The van der Waals surface area contributed by atoms with Gasteiger partial charge in [0.2, 0.25) is 5.91 Å². The Morgan fingerprint density at radius 1 is 1.20 bits per heavy atom. The van der Waals surface area contributed by atoms with Crippen molar-refractivity contribution in [2.24, 2.45) is 10.8 Å². The minimum absolute atomic E-state index is 0.0750. The summed E-state index contributed by atoms with van der Waals surface area (Å²) in [4.78, 5) is 15.0. The second-order valence-corrected chi connectivity index (χ2v) is 7.10. The van der Waals surface area contributed by atoms with Crippen LogP contribution in [0.5, 0.6) is 0 Å². The average Bonchev–Trinajstić information content (AvgIpc) is 2.87. The fourth-order valence-corrected chi connectivity index (χ4v) is 4.21. The van der Waals surface area contributed by atoms with E-state index in [4.69, 9.17) is 4.74 Å². The second kappa shape index (κ2) is 5.64. The Hall–Kier alpha value is -0.610. The van der Waals surface area contributed by atoms with Gasteiger partial charge in [-0.2, -0.15) is 0 Å². The molecule has 0 aromatic heterocycles. The summed E-state index contributed by atoms with van der Waals surface area (Å²) in [5.41, 5.74) is 0.421. The molecule has 1 saturated carbocycles. The number of rotatable bonds is 4. The van der Waals surface area contributed by atoms with Crippen molar-refractivity contribution in [3.63, 3.8) is 0 Å². The Morgan fingerprint density at radius 3 is 2.45 bits per heavy atom. The van der Waals surface area contributed by atoms with E-state index in [0.29, 0.717) is 17.9 Å². The first kappa shape index (κ1) is 14.3. The van der Waals surface area contributed by atoms with E-state index in [2.05, 4.69) is 10.2 Å². The molecular weight excluding hydrogens is 252 g/mol. The van der Waals surface area contributed by atoms with Crippen LogP contribution in [0.4, 0.5) is 0 Å². The molecule has 3 fully saturated rings. The summed E-state index contributed by atoms with van der Waals surface area (Å²) in [6.45, 7) is 4.97. The van der Waals surface area contributed by atoms with Crippen molar-refractivity contribution >= 4 is 5.91 Å². The van der Waals surface area contributed by atoms with Crippen LogP contribution in [0.25, 0.3) is 0 Å². The Kier molecular flexibility index (Phi) is 4.04. The van der Waals surface area contributed by atoms with Gasteiger partial charge in [0.05, 0.1) is 5.41 Å². The first-order valence-corrected chi connectivity index (χ1v) is 8.19. The molecule has 0 atom stereocenters. The van der Waals surface area contributed by atoms with E-state index in [0.717, 1.165) is 45.4 Å². The molecule has 0 aromatic carbocycles. The number of nitrogens with one attached hydrogen (secondary N) is 1. The molecule has 0 radical (unpaired) electrons. The minimum Gasteiger partial charge on any atom is -0.385 e. The first-order valence-electron chi connectivity index (χ1n) is 8.19. The largest absolute Gasteiger partial charge is 0.385 e. The molecule has 0 aromatic rings. The number of carbonyl (C=O) groups excluding carboxylic acids is 1. The Morgan fingerprint density at radius 2 is 1.95 bits per heavy atom. The molecule has 4 nitrogen and oxygen atoms in total. The van der Waals surface area contributed by atoms with E-state index in [1.807, 2.05) is 0 Å². The van der Waals surface area contributed by atoms with Gasteiger partial charge in [0.15, 0.2) is 0 Å². The standard InChI is InChI=1S/C16H28N2O2/c1-20-12-8-16(3-2-4-16)14(19)18-10-6-15(7-11-18)5-9-17-13-15/h17H,2-13H2,1H3. The van der Waals surface area contributed by atoms with Crippen LogP contribution in [0, 0.1) is 10.8 Å². The van der Waals surface area contributed by atoms with Crippen LogP contribution in [-0.2, 0) is 9.53 Å². The average molecular weight is 280 g/mol. The van der Waals surface area contributed by atoms with Gasteiger partial charge in [0, 0.05) is 33.4 Å². The van der Waals surface area contributed by atoms with Crippen LogP contribution in [-0.4, -0.2) is 50.7 Å². The zero-order valence-corrected chi connectivity index (χ0v) is 12.7. The summed E-state index contributed by atoms with van der Waals surface area (Å²) < 4.78 is 5.21. The molecule has 2 heterocycles. The molecule has 2 saturated heterocycles. The van der Waals surface area contributed by atoms with E-state index in [1.54, 1.807) is 7.11 Å². The number of carbonyl (C=O) groups is 1. The number of likely N-dealkylation sites (tertiary alicyclic amines) is 1. The number of amides is 1. The topological polar surface area (TPSA) is 41.6 Å². The predicted octanol–water partition coefficient (Wildman–Crippen LogP) is 1.80. The minimum atomic E-state index is -0.0750. The molecule has 3 rings (SSSR count). The molecule has 1 spiro atoms. The van der Waals surface area contributed by atoms with Gasteiger partial charge in [-0.1, -0.05) is 6.42 Å². The molecule has 114 valence electrons. The lowest BCUT2D eigenvalue weighted by Crippen LogP contribution is -2.52. The maximum absolute atomic E-state index is 12.9. The fraction of sp³-hybridized carbons (Fsp3) is 0.938. The molecule has 20 heavy (non-hydrogen) atoms. The van der Waals surface area contributed by atoms with Crippen LogP contribution >= 0.6 is 0 Å². The lowest BCUT2D eigenvalue weighted by Gasteiger charge is -2.47. The summed E-state index contributed by atoms with van der Waals surface area (Å²) >= 11 is 0. The van der Waals surface area contributed by atoms with Gasteiger partial charge >= 0.3 is 0 Å². The van der Waals surface area contributed by atoms with Gasteiger partial charge in [-0.25, -0.2) is 0 Å². The van der Waals surface area contributed by atoms with E-state index in [9.17, 15) is 4.79 Å². The molecule has 2 aliphatic heterocycles. The second-order valence-electron chi connectivity index (χ2n) is 7.10. The van der Waals surface area contributed by atoms with Gasteiger partial charge in [-0.05, 0) is 50.5 Å². The Balaban J connectivity index is 1.58. The van der Waals surface area contributed by atoms with Gasteiger partial charge in [-0.15, -0.1) is 0 Å². The van der Waals surface area contributed by atoms with Gasteiger partial charge < -0.3 is 15.0 Å². The van der Waals surface area contributed by atoms with Crippen molar-refractivity contribution in [3.8, 4) is 0 Å². The first-order chi connectivity index (χ1) is 9.70. The number of hydrogen-bond acceptors (Lipinski definition) is 3. The molecular formula is C16H28N2O2. The maximum Gasteiger partial charge on any atom is 0.228 e. The number of methoxy groups -OCH3 is 1. The Labute approximate surface area is 122 Å². The van der Waals surface area contributed by atoms with E-state index in [1.165, 1.54) is 25.7 Å². The highest BCUT2D eigenvalue weighted by Crippen LogP contribution is 2.47. The predicted molar refractivity (Wildman–Crippen MR) is 78.5 cm³/mol. The van der Waals surface area contributed by atoms with Crippen LogP contribution in [0.1, 0.15) is 44.9 Å². The third kappa shape index (κ3) is 2.48. The van der Waals surface area contributed by atoms with Crippen molar-refractivity contribution < 1.29 is 9.53 Å². The smallest absolute Gasteiger partial charge is 0.228 e. The quantitative estimate of drug-likeness (QED) is 0.854. The van der Waals surface area contributed by atoms with Gasteiger partial charge in [-0.3, -0.25) is 4.79 Å². The molecule has 1 aliphatic carbocycles. The van der Waals surface area contributed by atoms with Crippen LogP contribution < -0.4 is 5.32 Å². The highest BCUT2D eigenvalue weighted by Gasteiger charge is 2.47. The summed E-state index contributed by atoms with van der Waals surface area (Å²) in [6.07, 6.45) is 7.92. The highest BCUT2D eigenvalue weighted by atomic mass is 16.5. The zero-order valence-electron chi connectivity index (χ0n) is 12.7. The molecule has 0 bridgehead atoms. The van der Waals surface area contributed by atoms with E-state index < -0.39 is 0 Å². The van der Waals surface area contributed by atoms with Gasteiger partial charge in [0.1, 0.15) is 0 Å². The van der Waals surface area contributed by atoms with E-state index in [-0.39, 0.29) is 5.41 Å². The SMILES string of the molecule is COCCC1(C(=O)N2CCC3(CCNC3)CC2)CCC1.